The lowest BCUT2D eigenvalue weighted by molar-refractivity contribution is 0.316. The van der Waals surface area contributed by atoms with Gasteiger partial charge in [0.1, 0.15) is 0 Å². The zero-order chi connectivity index (χ0) is 13.0. The van der Waals surface area contributed by atoms with E-state index in [2.05, 4.69) is 22.8 Å². The van der Waals surface area contributed by atoms with Crippen LogP contribution in [-0.2, 0) is 13.3 Å². The van der Waals surface area contributed by atoms with Gasteiger partial charge in [-0.25, -0.2) is 0 Å². The van der Waals surface area contributed by atoms with Gasteiger partial charge in [0.25, 0.3) is 0 Å². The van der Waals surface area contributed by atoms with Gasteiger partial charge in [0.2, 0.25) is 0 Å². The van der Waals surface area contributed by atoms with Crippen LogP contribution in [-0.4, -0.2) is 15.0 Å². The number of rotatable bonds is 12. The number of unbranched alkanes of at least 4 members (excludes halogenated alkanes) is 9. The molecule has 0 spiro atoms. The summed E-state index contributed by atoms with van der Waals surface area (Å²) in [4.78, 5) is 0. The first-order chi connectivity index (χ1) is 8.06. The summed E-state index contributed by atoms with van der Waals surface area (Å²) < 4.78 is 25.6. The van der Waals surface area contributed by atoms with Crippen molar-refractivity contribution in [2.24, 2.45) is 0 Å². The molecular formula is C12H26O3S2. The predicted molar refractivity (Wildman–Crippen MR) is 75.7 cm³/mol. The maximum Gasteiger partial charge on any atom is 0.319 e. The Morgan fingerprint density at radius 2 is 1.24 bits per heavy atom. The van der Waals surface area contributed by atoms with Crippen LogP contribution in [0, 0.1) is 0 Å². The molecule has 0 rings (SSSR count). The molecule has 5 heteroatoms. The van der Waals surface area contributed by atoms with Crippen molar-refractivity contribution in [3.63, 3.8) is 0 Å². The minimum atomic E-state index is -3.54. The summed E-state index contributed by atoms with van der Waals surface area (Å²) in [6.07, 6.45) is 12.3. The number of hydrogen-bond acceptors (Lipinski definition) is 3. The smallest absolute Gasteiger partial charge is 0.262 e. The number of hydrogen-bond donors (Lipinski definition) is 1. The maximum atomic E-state index is 10.5. The standard InChI is InChI=1S/C12H26O3S2/c1-2-3-4-5-6-7-8-9-10-11-12-15-17(13,14)16/h2-12H2,1H3,(H,13,14,16). The Morgan fingerprint density at radius 1 is 0.824 bits per heavy atom. The molecule has 0 atom stereocenters. The molecule has 0 aliphatic rings. The highest BCUT2D eigenvalue weighted by molar-refractivity contribution is 8.61. The van der Waals surface area contributed by atoms with Crippen LogP contribution >= 0.6 is 11.7 Å². The fourth-order valence-corrected chi connectivity index (χ4v) is 2.31. The number of thiol groups is 1. The third-order valence-electron chi connectivity index (χ3n) is 2.73. The minimum Gasteiger partial charge on any atom is -0.262 e. The first-order valence-corrected chi connectivity index (χ1v) is 9.14. The molecule has 0 radical (unpaired) electrons. The van der Waals surface area contributed by atoms with E-state index in [1.807, 2.05) is 0 Å². The van der Waals surface area contributed by atoms with Crippen LogP contribution in [0.4, 0.5) is 0 Å². The largest absolute Gasteiger partial charge is 0.319 e. The first-order valence-electron chi connectivity index (χ1n) is 6.68. The topological polar surface area (TPSA) is 43.4 Å². The zero-order valence-electron chi connectivity index (χ0n) is 10.9. The molecule has 0 aliphatic heterocycles. The summed E-state index contributed by atoms with van der Waals surface area (Å²) in [5.74, 6) is 0. The van der Waals surface area contributed by atoms with Crippen molar-refractivity contribution >= 4 is 20.8 Å². The van der Waals surface area contributed by atoms with E-state index in [4.69, 9.17) is 0 Å². The zero-order valence-corrected chi connectivity index (χ0v) is 12.6. The second-order valence-electron chi connectivity index (χ2n) is 4.43. The summed E-state index contributed by atoms with van der Waals surface area (Å²) in [6.45, 7) is 2.50. The van der Waals surface area contributed by atoms with Crippen LogP contribution in [0.2, 0.25) is 0 Å². The van der Waals surface area contributed by atoms with Gasteiger partial charge in [-0.15, -0.1) is 0 Å². The SMILES string of the molecule is CCCCCCCCCCCCOS(=O)(=O)S. The third-order valence-corrected chi connectivity index (χ3v) is 3.51. The summed E-state index contributed by atoms with van der Waals surface area (Å²) in [7, 11) is -3.54. The normalized spacial score (nSPS) is 11.9. The lowest BCUT2D eigenvalue weighted by Crippen LogP contribution is -1.99. The van der Waals surface area contributed by atoms with Gasteiger partial charge in [-0.1, -0.05) is 64.7 Å². The predicted octanol–water partition coefficient (Wildman–Crippen LogP) is 4.10. The summed E-state index contributed by atoms with van der Waals surface area (Å²) in [5, 5.41) is 0. The van der Waals surface area contributed by atoms with Gasteiger partial charge in [-0.3, -0.25) is 4.18 Å². The van der Waals surface area contributed by atoms with Gasteiger partial charge >= 0.3 is 9.15 Å². The highest BCUT2D eigenvalue weighted by atomic mass is 33.1. The van der Waals surface area contributed by atoms with Crippen LogP contribution < -0.4 is 0 Å². The Hall–Kier alpha value is 0.260. The molecule has 0 aromatic rings. The Bertz CT molecular complexity index is 250. The molecule has 104 valence electrons. The fourth-order valence-electron chi connectivity index (χ4n) is 1.75. The molecule has 0 aromatic heterocycles. The third kappa shape index (κ3) is 16.3. The first kappa shape index (κ1) is 17.3. The lowest BCUT2D eigenvalue weighted by atomic mass is 10.1. The van der Waals surface area contributed by atoms with E-state index < -0.39 is 9.15 Å². The van der Waals surface area contributed by atoms with Crippen molar-refractivity contribution in [3.8, 4) is 0 Å². The summed E-state index contributed by atoms with van der Waals surface area (Å²) in [6, 6.07) is 0. The monoisotopic (exact) mass is 282 g/mol. The highest BCUT2D eigenvalue weighted by Gasteiger charge is 2.01. The van der Waals surface area contributed by atoms with Crippen molar-refractivity contribution in [1.82, 2.24) is 0 Å². The molecule has 0 fully saturated rings. The highest BCUT2D eigenvalue weighted by Crippen LogP contribution is 2.10. The molecule has 0 bridgehead atoms. The van der Waals surface area contributed by atoms with Crippen molar-refractivity contribution in [1.29, 1.82) is 0 Å². The minimum absolute atomic E-state index is 0.266. The molecule has 0 N–H and O–H groups in total. The van der Waals surface area contributed by atoms with E-state index in [1.165, 1.54) is 51.4 Å². The second kappa shape index (κ2) is 11.4. The van der Waals surface area contributed by atoms with Crippen LogP contribution in [0.15, 0.2) is 0 Å². The van der Waals surface area contributed by atoms with Crippen molar-refractivity contribution < 1.29 is 12.6 Å². The molecule has 0 saturated heterocycles. The van der Waals surface area contributed by atoms with Gasteiger partial charge in [0.15, 0.2) is 0 Å². The Kier molecular flexibility index (Phi) is 11.5. The average Bonchev–Trinajstić information content (AvgIpc) is 2.24. The van der Waals surface area contributed by atoms with Crippen LogP contribution in [0.5, 0.6) is 0 Å². The van der Waals surface area contributed by atoms with E-state index in [9.17, 15) is 8.42 Å². The van der Waals surface area contributed by atoms with Crippen molar-refractivity contribution in [3.05, 3.63) is 0 Å². The lowest BCUT2D eigenvalue weighted by Gasteiger charge is -2.02. The molecule has 0 amide bonds. The quantitative estimate of drug-likeness (QED) is 0.333. The molecule has 3 nitrogen and oxygen atoms in total. The second-order valence-corrected chi connectivity index (χ2v) is 6.86. The average molecular weight is 282 g/mol. The van der Waals surface area contributed by atoms with E-state index in [0.29, 0.717) is 0 Å². The molecule has 0 aromatic carbocycles. The van der Waals surface area contributed by atoms with Gasteiger partial charge in [-0.05, 0) is 18.1 Å². The van der Waals surface area contributed by atoms with E-state index >= 15 is 0 Å². The van der Waals surface area contributed by atoms with Crippen LogP contribution in [0.3, 0.4) is 0 Å². The van der Waals surface area contributed by atoms with E-state index in [1.54, 1.807) is 0 Å². The van der Waals surface area contributed by atoms with Crippen LogP contribution in [0.25, 0.3) is 0 Å². The maximum absolute atomic E-state index is 10.5. The molecule has 0 aliphatic carbocycles. The molecule has 17 heavy (non-hydrogen) atoms. The van der Waals surface area contributed by atoms with Gasteiger partial charge in [0, 0.05) is 0 Å². The Morgan fingerprint density at radius 3 is 1.65 bits per heavy atom. The van der Waals surface area contributed by atoms with Gasteiger partial charge in [0.05, 0.1) is 6.61 Å². The molecule has 0 saturated carbocycles. The summed E-state index contributed by atoms with van der Waals surface area (Å²) >= 11 is 3.30. The molecule has 0 heterocycles. The van der Waals surface area contributed by atoms with E-state index in [-0.39, 0.29) is 6.61 Å². The van der Waals surface area contributed by atoms with Gasteiger partial charge < -0.3 is 0 Å². The van der Waals surface area contributed by atoms with Crippen molar-refractivity contribution in [2.75, 3.05) is 6.61 Å². The molecule has 0 unspecified atom stereocenters. The fraction of sp³-hybridized carbons (Fsp3) is 1.00. The Balaban J connectivity index is 3.04. The van der Waals surface area contributed by atoms with E-state index in [0.717, 1.165) is 12.8 Å². The van der Waals surface area contributed by atoms with Gasteiger partial charge in [-0.2, -0.15) is 8.42 Å². The molecular weight excluding hydrogens is 256 g/mol. The summed E-state index contributed by atoms with van der Waals surface area (Å²) in [5.41, 5.74) is 0. The van der Waals surface area contributed by atoms with Crippen molar-refractivity contribution in [2.45, 2.75) is 71.1 Å². The Labute approximate surface area is 111 Å². The van der Waals surface area contributed by atoms with Crippen LogP contribution in [0.1, 0.15) is 71.1 Å².